The van der Waals surface area contributed by atoms with Gasteiger partial charge in [0, 0.05) is 0 Å². The monoisotopic (exact) mass is 226 g/mol. The fraction of sp³-hybridized carbons (Fsp3) is 1.00. The first kappa shape index (κ1) is 13.5. The van der Waals surface area contributed by atoms with Crippen LogP contribution in [0, 0.1) is 0 Å². The normalized spacial score (nSPS) is 14.5. The molecule has 1 atom stereocenters. The van der Waals surface area contributed by atoms with Gasteiger partial charge in [-0.3, -0.25) is 4.57 Å². The van der Waals surface area contributed by atoms with E-state index in [0.29, 0.717) is 13.2 Å². The first-order valence-electron chi connectivity index (χ1n) is 4.61. The molecule has 80 valence electrons. The van der Waals surface area contributed by atoms with Gasteiger partial charge in [-0.1, -0.05) is 6.92 Å². The Morgan fingerprint density at radius 3 is 2.00 bits per heavy atom. The highest BCUT2D eigenvalue weighted by Gasteiger charge is 2.31. The van der Waals surface area contributed by atoms with Crippen LogP contribution in [0.15, 0.2) is 0 Å². The molecule has 0 spiro atoms. The predicted molar refractivity (Wildman–Crippen MR) is 58.5 cm³/mol. The van der Waals surface area contributed by atoms with Gasteiger partial charge in [0.15, 0.2) is 0 Å². The van der Waals surface area contributed by atoms with Gasteiger partial charge < -0.3 is 9.05 Å². The SMILES string of the molecule is CCOP(=O)(OCC)C(C)SCC. The summed E-state index contributed by atoms with van der Waals surface area (Å²) in [5.74, 6) is 0.922. The lowest BCUT2D eigenvalue weighted by Crippen LogP contribution is -2.06. The summed E-state index contributed by atoms with van der Waals surface area (Å²) in [6, 6.07) is 0. The Morgan fingerprint density at radius 2 is 1.69 bits per heavy atom. The van der Waals surface area contributed by atoms with Crippen molar-refractivity contribution in [2.75, 3.05) is 19.0 Å². The van der Waals surface area contributed by atoms with Crippen molar-refractivity contribution in [1.82, 2.24) is 0 Å². The molecule has 0 aromatic carbocycles. The van der Waals surface area contributed by atoms with Crippen molar-refractivity contribution in [3.05, 3.63) is 0 Å². The Morgan fingerprint density at radius 1 is 1.23 bits per heavy atom. The zero-order chi connectivity index (χ0) is 10.3. The molecule has 0 aliphatic heterocycles. The first-order chi connectivity index (χ1) is 6.10. The van der Waals surface area contributed by atoms with Crippen molar-refractivity contribution in [1.29, 1.82) is 0 Å². The molecule has 0 saturated carbocycles. The van der Waals surface area contributed by atoms with Crippen LogP contribution in [0.4, 0.5) is 0 Å². The Balaban J connectivity index is 4.28. The largest absolute Gasteiger partial charge is 0.343 e. The second kappa shape index (κ2) is 6.88. The van der Waals surface area contributed by atoms with E-state index in [1.807, 2.05) is 27.7 Å². The zero-order valence-electron chi connectivity index (χ0n) is 8.78. The van der Waals surface area contributed by atoms with E-state index < -0.39 is 7.60 Å². The molecule has 0 aromatic rings. The van der Waals surface area contributed by atoms with Gasteiger partial charge in [-0.25, -0.2) is 0 Å². The lowest BCUT2D eigenvalue weighted by Gasteiger charge is -2.22. The standard InChI is InChI=1S/C8H19O3PS/c1-5-10-12(9,11-6-2)8(4)13-7-3/h8H,5-7H2,1-4H3. The van der Waals surface area contributed by atoms with Gasteiger partial charge in [-0.05, 0) is 26.5 Å². The molecular weight excluding hydrogens is 207 g/mol. The predicted octanol–water partition coefficient (Wildman–Crippen LogP) is 3.35. The van der Waals surface area contributed by atoms with Crippen LogP contribution in [0.2, 0.25) is 0 Å². The summed E-state index contributed by atoms with van der Waals surface area (Å²) in [6.45, 7) is 8.45. The molecule has 0 aliphatic rings. The van der Waals surface area contributed by atoms with Crippen molar-refractivity contribution < 1.29 is 13.6 Å². The van der Waals surface area contributed by atoms with Crippen LogP contribution in [-0.4, -0.2) is 24.0 Å². The summed E-state index contributed by atoms with van der Waals surface area (Å²) in [6.07, 6.45) is 0. The molecule has 0 saturated heterocycles. The number of rotatable bonds is 7. The van der Waals surface area contributed by atoms with E-state index in [4.69, 9.17) is 9.05 Å². The quantitative estimate of drug-likeness (QED) is 0.624. The third-order valence-electron chi connectivity index (χ3n) is 1.47. The molecule has 0 amide bonds. The molecule has 0 radical (unpaired) electrons. The van der Waals surface area contributed by atoms with Gasteiger partial charge >= 0.3 is 7.60 Å². The maximum Gasteiger partial charge on any atom is 0.343 e. The van der Waals surface area contributed by atoms with E-state index in [2.05, 4.69) is 0 Å². The molecule has 0 fully saturated rings. The fourth-order valence-corrected chi connectivity index (χ4v) is 4.18. The van der Waals surface area contributed by atoms with Crippen molar-refractivity contribution in [2.24, 2.45) is 0 Å². The summed E-state index contributed by atoms with van der Waals surface area (Å²) < 4.78 is 22.4. The van der Waals surface area contributed by atoms with Crippen LogP contribution >= 0.6 is 19.4 Å². The van der Waals surface area contributed by atoms with Crippen molar-refractivity contribution in [3.8, 4) is 0 Å². The lowest BCUT2D eigenvalue weighted by atomic mass is 10.9. The average Bonchev–Trinajstić information content (AvgIpc) is 2.05. The molecule has 0 aliphatic carbocycles. The zero-order valence-corrected chi connectivity index (χ0v) is 10.5. The van der Waals surface area contributed by atoms with Gasteiger partial charge in [0.2, 0.25) is 0 Å². The molecule has 0 N–H and O–H groups in total. The molecule has 0 aromatic heterocycles. The van der Waals surface area contributed by atoms with Crippen LogP contribution in [0.3, 0.4) is 0 Å². The smallest absolute Gasteiger partial charge is 0.308 e. The van der Waals surface area contributed by atoms with Crippen LogP contribution < -0.4 is 0 Å². The second-order valence-electron chi connectivity index (χ2n) is 2.43. The number of hydrogen-bond acceptors (Lipinski definition) is 4. The molecular formula is C8H19O3PS. The molecule has 0 bridgehead atoms. The maximum atomic E-state index is 12.0. The molecule has 1 unspecified atom stereocenters. The van der Waals surface area contributed by atoms with Gasteiger partial charge in [-0.2, -0.15) is 0 Å². The molecule has 0 heterocycles. The summed E-state index contributed by atoms with van der Waals surface area (Å²) in [5, 5.41) is 0. The van der Waals surface area contributed by atoms with Crippen LogP contribution in [0.1, 0.15) is 27.7 Å². The van der Waals surface area contributed by atoms with Crippen molar-refractivity contribution in [3.63, 3.8) is 0 Å². The number of thioether (sulfide) groups is 1. The molecule has 5 heteroatoms. The van der Waals surface area contributed by atoms with Crippen LogP contribution in [0.5, 0.6) is 0 Å². The van der Waals surface area contributed by atoms with E-state index in [-0.39, 0.29) is 4.99 Å². The van der Waals surface area contributed by atoms with Crippen molar-refractivity contribution in [2.45, 2.75) is 32.7 Å². The van der Waals surface area contributed by atoms with Gasteiger partial charge in [0.1, 0.15) is 4.99 Å². The van der Waals surface area contributed by atoms with E-state index in [9.17, 15) is 4.57 Å². The number of hydrogen-bond donors (Lipinski definition) is 0. The maximum absolute atomic E-state index is 12.0. The minimum atomic E-state index is -2.86. The summed E-state index contributed by atoms with van der Waals surface area (Å²) in [5.41, 5.74) is 0. The van der Waals surface area contributed by atoms with E-state index in [1.165, 1.54) is 0 Å². The van der Waals surface area contributed by atoms with Gasteiger partial charge in [0.05, 0.1) is 13.2 Å². The highest BCUT2D eigenvalue weighted by atomic mass is 32.2. The van der Waals surface area contributed by atoms with E-state index in [1.54, 1.807) is 11.8 Å². The highest BCUT2D eigenvalue weighted by molar-refractivity contribution is 8.05. The minimum absolute atomic E-state index is 0.0719. The van der Waals surface area contributed by atoms with Crippen molar-refractivity contribution >= 4 is 19.4 Å². The summed E-state index contributed by atoms with van der Waals surface area (Å²) in [4.78, 5) is -0.0719. The minimum Gasteiger partial charge on any atom is -0.308 e. The topological polar surface area (TPSA) is 35.5 Å². The average molecular weight is 226 g/mol. The van der Waals surface area contributed by atoms with Crippen LogP contribution in [0.25, 0.3) is 0 Å². The van der Waals surface area contributed by atoms with E-state index in [0.717, 1.165) is 5.75 Å². The highest BCUT2D eigenvalue weighted by Crippen LogP contribution is 2.56. The Labute approximate surface area is 85.1 Å². The summed E-state index contributed by atoms with van der Waals surface area (Å²) >= 11 is 1.60. The third-order valence-corrected chi connectivity index (χ3v) is 5.64. The van der Waals surface area contributed by atoms with Gasteiger partial charge in [-0.15, -0.1) is 11.8 Å². The summed E-state index contributed by atoms with van der Waals surface area (Å²) in [7, 11) is -2.86. The third kappa shape index (κ3) is 4.50. The Bertz CT molecular complexity index is 165. The Kier molecular flexibility index (Phi) is 7.15. The Hall–Kier alpha value is 0.500. The molecule has 0 rings (SSSR count). The van der Waals surface area contributed by atoms with E-state index >= 15 is 0 Å². The van der Waals surface area contributed by atoms with Crippen LogP contribution in [-0.2, 0) is 13.6 Å². The molecule has 13 heavy (non-hydrogen) atoms. The first-order valence-corrected chi connectivity index (χ1v) is 7.27. The van der Waals surface area contributed by atoms with Gasteiger partial charge in [0.25, 0.3) is 0 Å². The lowest BCUT2D eigenvalue weighted by molar-refractivity contribution is 0.219. The second-order valence-corrected chi connectivity index (χ2v) is 6.77. The molecule has 3 nitrogen and oxygen atoms in total. The fourth-order valence-electron chi connectivity index (χ4n) is 0.940.